The summed E-state index contributed by atoms with van der Waals surface area (Å²) in [5, 5.41) is 23.3. The number of aliphatic hydroxyl groups is 2. The van der Waals surface area contributed by atoms with E-state index in [9.17, 15) is 77.3 Å². The molecular weight excluding hydrogens is 1180 g/mol. The molecule has 0 aliphatic heterocycles. The van der Waals surface area contributed by atoms with E-state index in [2.05, 4.69) is 13.2 Å². The molecule has 2 saturated carbocycles. The quantitative estimate of drug-likeness (QED) is 0.152. The molecule has 500 valence electrons. The van der Waals surface area contributed by atoms with Gasteiger partial charge in [-0.1, -0.05) is 79.0 Å². The Balaban J connectivity index is 0.000000470. The summed E-state index contributed by atoms with van der Waals surface area (Å²) in [4.78, 5) is 183. The maximum atomic E-state index is 14.4. The molecule has 2 fully saturated rings. The summed E-state index contributed by atoms with van der Waals surface area (Å²) in [5.41, 5.74) is -12.3. The lowest BCUT2D eigenvalue weighted by Gasteiger charge is -2.42. The van der Waals surface area contributed by atoms with Crippen molar-refractivity contribution in [1.82, 2.24) is 0 Å². The molecule has 90 heavy (non-hydrogen) atoms. The molecule has 16 atom stereocenters. The summed E-state index contributed by atoms with van der Waals surface area (Å²) in [6.07, 6.45) is -9.91. The van der Waals surface area contributed by atoms with Crippen molar-refractivity contribution in [2.45, 2.75) is 223 Å². The monoisotopic (exact) mass is 1270 g/mol. The van der Waals surface area contributed by atoms with Gasteiger partial charge in [0.05, 0.1) is 23.7 Å². The van der Waals surface area contributed by atoms with Gasteiger partial charge in [0, 0.05) is 102 Å². The molecule has 4 rings (SSSR count). The Labute approximate surface area is 523 Å². The number of Topliss-reactive ketones (excluding diaryl/α,β-unsaturated/α-hetero) is 4. The van der Waals surface area contributed by atoms with Crippen LogP contribution in [0.1, 0.15) is 151 Å². The fourth-order valence-corrected chi connectivity index (χ4v) is 11.8. The highest BCUT2D eigenvalue weighted by Gasteiger charge is 2.72. The smallest absolute Gasteiger partial charge is 0.309 e. The van der Waals surface area contributed by atoms with Crippen molar-refractivity contribution in [3.8, 4) is 0 Å². The predicted molar refractivity (Wildman–Crippen MR) is 312 cm³/mol. The zero-order valence-electron chi connectivity index (χ0n) is 54.9. The third-order valence-electron chi connectivity index (χ3n) is 15.7. The lowest BCUT2D eigenvalue weighted by molar-refractivity contribution is -0.189. The molecule has 0 radical (unpaired) electrons. The Morgan fingerprint density at radius 1 is 0.411 bits per heavy atom. The van der Waals surface area contributed by atoms with Crippen molar-refractivity contribution in [1.29, 1.82) is 0 Å². The second-order valence-corrected chi connectivity index (χ2v) is 25.6. The maximum Gasteiger partial charge on any atom is 0.309 e. The van der Waals surface area contributed by atoms with E-state index < -0.39 is 213 Å². The summed E-state index contributed by atoms with van der Waals surface area (Å²) in [6.45, 7) is 33.7. The third kappa shape index (κ3) is 17.4. The second kappa shape index (κ2) is 29.0. The predicted octanol–water partition coefficient (Wildman–Crippen LogP) is 4.70. The minimum atomic E-state index is -2.31. The van der Waals surface area contributed by atoms with Gasteiger partial charge in [-0.2, -0.15) is 0 Å². The van der Waals surface area contributed by atoms with Crippen LogP contribution in [0.4, 0.5) is 0 Å². The normalized spacial score (nSPS) is 34.0. The van der Waals surface area contributed by atoms with Crippen LogP contribution in [0.2, 0.25) is 0 Å². The van der Waals surface area contributed by atoms with Crippen LogP contribution in [0, 0.1) is 46.3 Å². The zero-order chi connectivity index (χ0) is 69.6. The number of rotatable bonds is 12. The SMILES string of the molecule is C=C1[C@H](OC(C)=O)[C@H]2[C@@H](OC(C)=O)[C@](C)(O)C[C@]2(OC(C)=O)C(=O)[C@H](C)/C=C/C(C)(C)C(=O)[C@H](OC(=O)C(C)C)[C@H]1OC(C)=O.C=C1[C@H](OC(C)=O)[C@H]2[C@@H](OC(C)=O)[C@](C)(O)C[C@]2(OC(C)=O)C(=O)[C@H](C)/C=C/C(C)(C)C(=O)[C@H](OC(=O)C(C)C)[C@H]1OC(C)=O. The molecule has 4 aliphatic carbocycles. The minimum Gasteiger partial charge on any atom is -0.459 e. The van der Waals surface area contributed by atoms with Gasteiger partial charge in [-0.25, -0.2) is 0 Å². The van der Waals surface area contributed by atoms with Crippen LogP contribution >= 0.6 is 0 Å². The molecule has 0 aromatic heterocycles. The van der Waals surface area contributed by atoms with E-state index in [1.54, 1.807) is 0 Å². The van der Waals surface area contributed by atoms with Gasteiger partial charge >= 0.3 is 59.7 Å². The number of esters is 10. The van der Waals surface area contributed by atoms with E-state index >= 15 is 0 Å². The number of ether oxygens (including phenoxy) is 10. The Hall–Kier alpha value is -7.74. The van der Waals surface area contributed by atoms with Gasteiger partial charge in [-0.3, -0.25) is 67.1 Å². The molecule has 0 spiro atoms. The Morgan fingerprint density at radius 2 is 0.667 bits per heavy atom. The standard InChI is InChI=1S/2C32H44O13/c2*1-15(2)29(39)44-25-24(42-19(6)34)17(4)23(41-18(5)33)22-28(43-20(7)35)31(11,40)14-32(22,45-21(8)36)26(37)16(3)12-13-30(9,10)27(25)38/h2*12-13,15-16,22-25,28,40H,4,14H2,1-3,5-11H3/b2*13-12+/t2*16-,22+,23+,24+,25-,28-,31-,32-/m11/s1. The van der Waals surface area contributed by atoms with Gasteiger partial charge < -0.3 is 57.6 Å². The molecule has 0 bridgehead atoms. The molecule has 26 heteroatoms. The van der Waals surface area contributed by atoms with Crippen molar-refractivity contribution in [3.05, 3.63) is 48.6 Å². The average molecular weight is 1270 g/mol. The van der Waals surface area contributed by atoms with Crippen LogP contribution in [-0.4, -0.2) is 164 Å². The minimum absolute atomic E-state index is 0.368. The van der Waals surface area contributed by atoms with Gasteiger partial charge in [-0.15, -0.1) is 0 Å². The van der Waals surface area contributed by atoms with Crippen LogP contribution in [-0.2, 0) is 114 Å². The number of hydrogen-bond acceptors (Lipinski definition) is 26. The lowest BCUT2D eigenvalue weighted by atomic mass is 9.72. The van der Waals surface area contributed by atoms with Crippen LogP contribution < -0.4 is 0 Å². The van der Waals surface area contributed by atoms with Crippen molar-refractivity contribution < 1.29 is 125 Å². The number of fused-ring (bicyclic) bond motifs is 2. The molecule has 0 amide bonds. The number of hydrogen-bond donors (Lipinski definition) is 2. The average Bonchev–Trinajstić information content (AvgIpc) is 1.55. The third-order valence-corrected chi connectivity index (χ3v) is 15.7. The first kappa shape index (κ1) is 76.5. The van der Waals surface area contributed by atoms with E-state index in [0.717, 1.165) is 55.4 Å². The van der Waals surface area contributed by atoms with Crippen molar-refractivity contribution >= 4 is 82.8 Å². The molecule has 0 aromatic rings. The molecular formula is C64H88O26. The highest BCUT2D eigenvalue weighted by molar-refractivity contribution is 5.97. The van der Waals surface area contributed by atoms with Crippen molar-refractivity contribution in [2.24, 2.45) is 46.3 Å². The van der Waals surface area contributed by atoms with Gasteiger partial charge in [0.15, 0.2) is 46.5 Å². The summed E-state index contributed by atoms with van der Waals surface area (Å²) in [6, 6.07) is 0. The summed E-state index contributed by atoms with van der Waals surface area (Å²) in [5.74, 6) is -19.1. The van der Waals surface area contributed by atoms with Crippen LogP contribution in [0.25, 0.3) is 0 Å². The van der Waals surface area contributed by atoms with Gasteiger partial charge in [0.1, 0.15) is 35.6 Å². The van der Waals surface area contributed by atoms with E-state index in [1.807, 2.05) is 0 Å². The van der Waals surface area contributed by atoms with Crippen LogP contribution in [0.15, 0.2) is 48.6 Å². The number of carbonyl (C=O) groups excluding carboxylic acids is 14. The molecule has 4 aliphatic rings. The van der Waals surface area contributed by atoms with Crippen LogP contribution in [0.3, 0.4) is 0 Å². The van der Waals surface area contributed by atoms with Crippen molar-refractivity contribution in [2.75, 3.05) is 0 Å². The molecule has 26 nitrogen and oxygen atoms in total. The molecule has 0 saturated heterocycles. The van der Waals surface area contributed by atoms with Gasteiger partial charge in [0.25, 0.3) is 0 Å². The molecule has 0 heterocycles. The molecule has 0 aromatic carbocycles. The van der Waals surface area contributed by atoms with E-state index in [1.165, 1.54) is 107 Å². The highest BCUT2D eigenvalue weighted by atomic mass is 16.6. The Morgan fingerprint density at radius 3 is 0.900 bits per heavy atom. The zero-order valence-corrected chi connectivity index (χ0v) is 54.9. The van der Waals surface area contributed by atoms with E-state index in [4.69, 9.17) is 47.4 Å². The maximum absolute atomic E-state index is 14.4. The summed E-state index contributed by atoms with van der Waals surface area (Å²) in [7, 11) is 0. The van der Waals surface area contributed by atoms with Crippen LogP contribution in [0.5, 0.6) is 0 Å². The molecule has 0 unspecified atom stereocenters. The first-order valence-corrected chi connectivity index (χ1v) is 29.2. The molecule has 2 N–H and O–H groups in total. The first-order valence-electron chi connectivity index (χ1n) is 29.2. The number of carbonyl (C=O) groups is 14. The Bertz CT molecular complexity index is 2780. The van der Waals surface area contributed by atoms with Gasteiger partial charge in [0.2, 0.25) is 12.2 Å². The summed E-state index contributed by atoms with van der Waals surface area (Å²) < 4.78 is 56.2. The topological polar surface area (TPSA) is 372 Å². The fraction of sp³-hybridized carbons (Fsp3) is 0.656. The highest BCUT2D eigenvalue weighted by Crippen LogP contribution is 2.54. The van der Waals surface area contributed by atoms with E-state index in [0.29, 0.717) is 0 Å². The second-order valence-electron chi connectivity index (χ2n) is 25.6. The lowest BCUT2D eigenvalue weighted by Crippen LogP contribution is -2.58. The number of ketones is 4. The largest absolute Gasteiger partial charge is 0.459 e. The fourth-order valence-electron chi connectivity index (χ4n) is 11.8. The first-order chi connectivity index (χ1) is 41.0. The van der Waals surface area contributed by atoms with E-state index in [-0.39, 0.29) is 11.1 Å². The van der Waals surface area contributed by atoms with Crippen molar-refractivity contribution in [3.63, 3.8) is 0 Å². The number of allylic oxidation sites excluding steroid dienone is 4. The Kier molecular flexibility index (Phi) is 24.7. The summed E-state index contributed by atoms with van der Waals surface area (Å²) >= 11 is 0. The van der Waals surface area contributed by atoms with Gasteiger partial charge in [-0.05, 0) is 41.5 Å².